The van der Waals surface area contributed by atoms with Gasteiger partial charge in [0.05, 0.1) is 4.90 Å². The molecule has 4 heteroatoms. The Morgan fingerprint density at radius 3 is 1.83 bits per heavy atom. The second-order valence-corrected chi connectivity index (χ2v) is 8.21. The van der Waals surface area contributed by atoms with Gasteiger partial charge in [-0.15, -0.1) is 0 Å². The van der Waals surface area contributed by atoms with Gasteiger partial charge in [0.2, 0.25) is 0 Å². The fourth-order valence-corrected chi connectivity index (χ4v) is 3.74. The second kappa shape index (κ2) is 11.6. The predicted molar refractivity (Wildman–Crippen MR) is 101 cm³/mol. The van der Waals surface area contributed by atoms with Crippen molar-refractivity contribution in [2.24, 2.45) is 0 Å². The molecule has 1 aromatic carbocycles. The van der Waals surface area contributed by atoms with E-state index in [1.54, 1.807) is 0 Å². The molecule has 0 saturated carbocycles. The van der Waals surface area contributed by atoms with Crippen molar-refractivity contribution in [1.29, 1.82) is 0 Å². The highest BCUT2D eigenvalue weighted by Crippen LogP contribution is 2.28. The van der Waals surface area contributed by atoms with Gasteiger partial charge in [0, 0.05) is 0 Å². The lowest BCUT2D eigenvalue weighted by Crippen LogP contribution is -2.02. The molecule has 0 amide bonds. The van der Waals surface area contributed by atoms with Gasteiger partial charge < -0.3 is 0 Å². The Bertz CT molecular complexity index is 535. The molecule has 3 nitrogen and oxygen atoms in total. The van der Waals surface area contributed by atoms with Gasteiger partial charge in [-0.2, -0.15) is 8.42 Å². The molecule has 0 spiro atoms. The van der Waals surface area contributed by atoms with Crippen LogP contribution in [0, 0.1) is 0 Å². The number of hydrogen-bond acceptors (Lipinski definition) is 2. The van der Waals surface area contributed by atoms with Crippen LogP contribution in [0.1, 0.15) is 96.0 Å². The maximum atomic E-state index is 11.1. The first-order valence-corrected chi connectivity index (χ1v) is 11.0. The van der Waals surface area contributed by atoms with Crippen LogP contribution in [-0.4, -0.2) is 13.0 Å². The van der Waals surface area contributed by atoms with Gasteiger partial charge in [-0.05, 0) is 36.5 Å². The van der Waals surface area contributed by atoms with Gasteiger partial charge in [-0.25, -0.2) is 0 Å². The summed E-state index contributed by atoms with van der Waals surface area (Å²) in [6.07, 6.45) is 14.0. The predicted octanol–water partition coefficient (Wildman–Crippen LogP) is 6.35. The lowest BCUT2D eigenvalue weighted by molar-refractivity contribution is 0.482. The minimum Gasteiger partial charge on any atom is -0.282 e. The van der Waals surface area contributed by atoms with Crippen LogP contribution >= 0.6 is 0 Å². The fraction of sp³-hybridized carbons (Fsp3) is 0.700. The van der Waals surface area contributed by atoms with Crippen molar-refractivity contribution < 1.29 is 13.0 Å². The molecule has 1 rings (SSSR count). The van der Waals surface area contributed by atoms with Crippen LogP contribution in [0.5, 0.6) is 0 Å². The first-order valence-electron chi connectivity index (χ1n) is 9.56. The molecule has 0 heterocycles. The van der Waals surface area contributed by atoms with Crippen LogP contribution in [0.3, 0.4) is 0 Å². The van der Waals surface area contributed by atoms with E-state index in [1.807, 2.05) is 12.1 Å². The van der Waals surface area contributed by atoms with E-state index in [1.165, 1.54) is 69.1 Å². The van der Waals surface area contributed by atoms with E-state index in [0.29, 0.717) is 5.92 Å². The molecular formula is C20H34O3S. The number of benzene rings is 1. The molecule has 138 valence electrons. The topological polar surface area (TPSA) is 54.4 Å². The van der Waals surface area contributed by atoms with Crippen LogP contribution in [0.4, 0.5) is 0 Å². The molecule has 0 radical (unpaired) electrons. The first kappa shape index (κ1) is 21.2. The summed E-state index contributed by atoms with van der Waals surface area (Å²) in [7, 11) is -4.09. The molecule has 0 aliphatic heterocycles. The summed E-state index contributed by atoms with van der Waals surface area (Å²) >= 11 is 0. The van der Waals surface area contributed by atoms with Gasteiger partial charge >= 0.3 is 0 Å². The Morgan fingerprint density at radius 2 is 1.33 bits per heavy atom. The minimum absolute atomic E-state index is 0.0198. The summed E-state index contributed by atoms with van der Waals surface area (Å²) in [5.41, 5.74) is 1.19. The highest BCUT2D eigenvalue weighted by molar-refractivity contribution is 7.85. The number of rotatable bonds is 13. The molecule has 0 aromatic heterocycles. The van der Waals surface area contributed by atoms with Crippen molar-refractivity contribution >= 4 is 10.1 Å². The highest BCUT2D eigenvalue weighted by atomic mass is 32.2. The molecule has 0 aliphatic rings. The van der Waals surface area contributed by atoms with Crippen molar-refractivity contribution in [3.63, 3.8) is 0 Å². The third kappa shape index (κ3) is 8.29. The number of unbranched alkanes of at least 4 members (excludes halogenated alkanes) is 7. The number of hydrogen-bond donors (Lipinski definition) is 1. The van der Waals surface area contributed by atoms with Crippen LogP contribution in [0.25, 0.3) is 0 Å². The van der Waals surface area contributed by atoms with Crippen molar-refractivity contribution in [3.8, 4) is 0 Å². The smallest absolute Gasteiger partial charge is 0.282 e. The van der Waals surface area contributed by atoms with Crippen molar-refractivity contribution in [2.45, 2.75) is 95.3 Å². The Morgan fingerprint density at radius 1 is 0.792 bits per heavy atom. The third-order valence-electron chi connectivity index (χ3n) is 4.69. The van der Waals surface area contributed by atoms with Crippen LogP contribution < -0.4 is 0 Å². The Hall–Kier alpha value is -0.870. The summed E-state index contributed by atoms with van der Waals surface area (Å²) in [4.78, 5) is -0.0198. The highest BCUT2D eigenvalue weighted by Gasteiger charge is 2.13. The van der Waals surface area contributed by atoms with Gasteiger partial charge in [-0.1, -0.05) is 83.8 Å². The molecule has 1 N–H and O–H groups in total. The molecule has 1 unspecified atom stereocenters. The molecular weight excluding hydrogens is 320 g/mol. The SMILES string of the molecule is CCCCCCCCCCC(CCC)c1ccc(S(=O)(=O)O)cc1. The summed E-state index contributed by atoms with van der Waals surface area (Å²) in [5.74, 6) is 0.491. The average Bonchev–Trinajstić information content (AvgIpc) is 2.55. The molecule has 1 atom stereocenters. The van der Waals surface area contributed by atoms with Crippen molar-refractivity contribution in [3.05, 3.63) is 29.8 Å². The molecule has 1 aromatic rings. The van der Waals surface area contributed by atoms with E-state index in [2.05, 4.69) is 13.8 Å². The largest absolute Gasteiger partial charge is 0.294 e. The normalized spacial score (nSPS) is 13.1. The van der Waals surface area contributed by atoms with Gasteiger partial charge in [0.1, 0.15) is 0 Å². The van der Waals surface area contributed by atoms with E-state index in [-0.39, 0.29) is 4.90 Å². The zero-order chi connectivity index (χ0) is 17.8. The average molecular weight is 355 g/mol. The summed E-state index contributed by atoms with van der Waals surface area (Å²) in [6.45, 7) is 4.43. The van der Waals surface area contributed by atoms with E-state index < -0.39 is 10.1 Å². The molecule has 0 saturated heterocycles. The van der Waals surface area contributed by atoms with Crippen molar-refractivity contribution in [1.82, 2.24) is 0 Å². The van der Waals surface area contributed by atoms with Gasteiger partial charge in [0.25, 0.3) is 10.1 Å². The quantitative estimate of drug-likeness (QED) is 0.332. The standard InChI is InChI=1S/C20H34O3S/c1-3-5-6-7-8-9-10-11-13-18(12-4-2)19-14-16-20(17-15-19)24(21,22)23/h14-18H,3-13H2,1-2H3,(H,21,22,23). The molecule has 0 fully saturated rings. The van der Waals surface area contributed by atoms with E-state index in [4.69, 9.17) is 4.55 Å². The summed E-state index contributed by atoms with van der Waals surface area (Å²) < 4.78 is 31.3. The van der Waals surface area contributed by atoms with Crippen molar-refractivity contribution in [2.75, 3.05) is 0 Å². The lowest BCUT2D eigenvalue weighted by Gasteiger charge is -2.17. The Kier molecular flexibility index (Phi) is 10.3. The molecule has 0 aliphatic carbocycles. The molecule has 0 bridgehead atoms. The Labute approximate surface area is 148 Å². The van der Waals surface area contributed by atoms with Crippen LogP contribution in [0.15, 0.2) is 29.2 Å². The van der Waals surface area contributed by atoms with Crippen LogP contribution in [-0.2, 0) is 10.1 Å². The summed E-state index contributed by atoms with van der Waals surface area (Å²) in [6, 6.07) is 6.74. The molecule has 24 heavy (non-hydrogen) atoms. The van der Waals surface area contributed by atoms with E-state index in [9.17, 15) is 8.42 Å². The second-order valence-electron chi connectivity index (χ2n) is 6.79. The maximum Gasteiger partial charge on any atom is 0.294 e. The fourth-order valence-electron chi connectivity index (χ4n) is 3.26. The van der Waals surface area contributed by atoms with Gasteiger partial charge in [-0.3, -0.25) is 4.55 Å². The zero-order valence-corrected chi connectivity index (χ0v) is 16.2. The van der Waals surface area contributed by atoms with Crippen LogP contribution in [0.2, 0.25) is 0 Å². The van der Waals surface area contributed by atoms with E-state index >= 15 is 0 Å². The Balaban J connectivity index is 2.41. The third-order valence-corrected chi connectivity index (χ3v) is 5.56. The minimum atomic E-state index is -4.09. The zero-order valence-electron chi connectivity index (χ0n) is 15.3. The first-order chi connectivity index (χ1) is 11.5. The summed E-state index contributed by atoms with van der Waals surface area (Å²) in [5, 5.41) is 0. The van der Waals surface area contributed by atoms with E-state index in [0.717, 1.165) is 19.3 Å². The van der Waals surface area contributed by atoms with Gasteiger partial charge in [0.15, 0.2) is 0 Å². The maximum absolute atomic E-state index is 11.1. The monoisotopic (exact) mass is 354 g/mol. The lowest BCUT2D eigenvalue weighted by atomic mass is 9.89.